The second-order valence-corrected chi connectivity index (χ2v) is 4.96. The molecular weight excluding hydrogens is 344 g/mol. The number of primary amides is 1. The summed E-state index contributed by atoms with van der Waals surface area (Å²) < 4.78 is 4.97. The summed E-state index contributed by atoms with van der Waals surface area (Å²) in [6.07, 6.45) is 0. The Balaban J connectivity index is 2.17. The topological polar surface area (TPSA) is 154 Å². The summed E-state index contributed by atoms with van der Waals surface area (Å²) >= 11 is 0. The van der Waals surface area contributed by atoms with Crippen molar-refractivity contribution in [1.82, 2.24) is 0 Å². The minimum Gasteiger partial charge on any atom is -0.494 e. The van der Waals surface area contributed by atoms with E-state index in [1.165, 1.54) is 25.3 Å². The number of benzene rings is 2. The molecule has 0 aliphatic heterocycles. The number of hydrogen-bond acceptors (Lipinski definition) is 6. The predicted molar refractivity (Wildman–Crippen MR) is 91.9 cm³/mol. The Morgan fingerprint density at radius 1 is 1.04 bits per heavy atom. The van der Waals surface area contributed by atoms with Crippen LogP contribution in [-0.4, -0.2) is 29.8 Å². The van der Waals surface area contributed by atoms with Crippen LogP contribution in [0.3, 0.4) is 0 Å². The van der Waals surface area contributed by atoms with E-state index >= 15 is 0 Å². The summed E-state index contributed by atoms with van der Waals surface area (Å²) in [5, 5.41) is 15.3. The highest BCUT2D eigenvalue weighted by molar-refractivity contribution is 6.44. The van der Waals surface area contributed by atoms with Crippen molar-refractivity contribution in [1.29, 1.82) is 0 Å². The first-order valence-corrected chi connectivity index (χ1v) is 7.17. The highest BCUT2D eigenvalue weighted by atomic mass is 16.6. The van der Waals surface area contributed by atoms with Crippen LogP contribution in [0, 0.1) is 10.1 Å². The van der Waals surface area contributed by atoms with Crippen molar-refractivity contribution in [3.63, 3.8) is 0 Å². The average Bonchev–Trinajstić information content (AvgIpc) is 2.61. The smallest absolute Gasteiger partial charge is 0.314 e. The number of amides is 3. The van der Waals surface area contributed by atoms with E-state index < -0.39 is 22.6 Å². The number of ether oxygens (including phenoxy) is 1. The molecule has 0 aliphatic rings. The van der Waals surface area contributed by atoms with Gasteiger partial charge in [-0.15, -0.1) is 0 Å². The number of non-ortho nitro benzene ring substituents is 1. The number of hydrogen-bond donors (Lipinski definition) is 3. The fraction of sp³-hybridized carbons (Fsp3) is 0.0625. The summed E-state index contributed by atoms with van der Waals surface area (Å²) in [6, 6.07) is 9.41. The van der Waals surface area contributed by atoms with E-state index in [0.29, 0.717) is 0 Å². The van der Waals surface area contributed by atoms with Gasteiger partial charge < -0.3 is 21.1 Å². The van der Waals surface area contributed by atoms with Crippen LogP contribution in [0.4, 0.5) is 17.1 Å². The Hall–Kier alpha value is -3.95. The average molecular weight is 358 g/mol. The molecule has 3 amide bonds. The molecule has 0 bridgehead atoms. The van der Waals surface area contributed by atoms with Gasteiger partial charge in [0, 0.05) is 6.07 Å². The third kappa shape index (κ3) is 4.12. The van der Waals surface area contributed by atoms with Crippen LogP contribution in [0.5, 0.6) is 5.75 Å². The molecule has 0 radical (unpaired) electrons. The van der Waals surface area contributed by atoms with Crippen molar-refractivity contribution in [2.75, 3.05) is 17.7 Å². The predicted octanol–water partition coefficient (Wildman–Crippen LogP) is 1.28. The van der Waals surface area contributed by atoms with Crippen LogP contribution < -0.4 is 21.1 Å². The van der Waals surface area contributed by atoms with Crippen molar-refractivity contribution in [2.24, 2.45) is 5.73 Å². The molecule has 0 unspecified atom stereocenters. The van der Waals surface area contributed by atoms with Gasteiger partial charge in [0.15, 0.2) is 0 Å². The molecule has 2 aromatic rings. The number of methoxy groups -OCH3 is 1. The van der Waals surface area contributed by atoms with Gasteiger partial charge in [-0.25, -0.2) is 0 Å². The van der Waals surface area contributed by atoms with Gasteiger partial charge in [0.2, 0.25) is 0 Å². The number of nitro groups is 1. The molecule has 0 saturated heterocycles. The fourth-order valence-corrected chi connectivity index (χ4v) is 2.06. The number of carbonyl (C=O) groups excluding carboxylic acids is 3. The van der Waals surface area contributed by atoms with Gasteiger partial charge >= 0.3 is 11.8 Å². The summed E-state index contributed by atoms with van der Waals surface area (Å²) in [5.74, 6) is -2.87. The zero-order valence-corrected chi connectivity index (χ0v) is 13.5. The van der Waals surface area contributed by atoms with Gasteiger partial charge in [-0.1, -0.05) is 12.1 Å². The lowest BCUT2D eigenvalue weighted by Crippen LogP contribution is -2.30. The summed E-state index contributed by atoms with van der Waals surface area (Å²) in [6.45, 7) is 0. The molecule has 0 aliphatic carbocycles. The Labute approximate surface area is 147 Å². The van der Waals surface area contributed by atoms with Crippen LogP contribution in [0.1, 0.15) is 10.4 Å². The first-order chi connectivity index (χ1) is 12.3. The van der Waals surface area contributed by atoms with E-state index in [9.17, 15) is 24.5 Å². The Bertz CT molecular complexity index is 896. The summed E-state index contributed by atoms with van der Waals surface area (Å²) in [5.41, 5.74) is 5.16. The first-order valence-electron chi connectivity index (χ1n) is 7.17. The van der Waals surface area contributed by atoms with Gasteiger partial charge in [-0.2, -0.15) is 0 Å². The largest absolute Gasteiger partial charge is 0.494 e. The van der Waals surface area contributed by atoms with Crippen molar-refractivity contribution in [2.45, 2.75) is 0 Å². The zero-order chi connectivity index (χ0) is 19.3. The Kier molecular flexibility index (Phi) is 5.48. The first kappa shape index (κ1) is 18.4. The molecule has 4 N–H and O–H groups in total. The van der Waals surface area contributed by atoms with Gasteiger partial charge in [-0.3, -0.25) is 24.5 Å². The van der Waals surface area contributed by atoms with Crippen molar-refractivity contribution < 1.29 is 24.0 Å². The normalized spacial score (nSPS) is 9.88. The minimum atomic E-state index is -1.06. The summed E-state index contributed by atoms with van der Waals surface area (Å²) in [7, 11) is 1.26. The lowest BCUT2D eigenvalue weighted by atomic mass is 10.1. The van der Waals surface area contributed by atoms with Crippen LogP contribution in [0.2, 0.25) is 0 Å². The van der Waals surface area contributed by atoms with E-state index in [1.54, 1.807) is 12.1 Å². The molecule has 0 fully saturated rings. The second kappa shape index (κ2) is 7.75. The number of nitrogens with two attached hydrogens (primary N) is 1. The molecule has 0 aromatic heterocycles. The van der Waals surface area contributed by atoms with Crippen molar-refractivity contribution >= 4 is 34.8 Å². The number of carbonyl (C=O) groups is 3. The molecule has 2 aromatic carbocycles. The number of anilines is 2. The second-order valence-electron chi connectivity index (χ2n) is 4.96. The van der Waals surface area contributed by atoms with Gasteiger partial charge in [-0.05, 0) is 18.2 Å². The summed E-state index contributed by atoms with van der Waals surface area (Å²) in [4.78, 5) is 45.6. The third-order valence-corrected chi connectivity index (χ3v) is 3.29. The number of nitro benzene ring substituents is 1. The highest BCUT2D eigenvalue weighted by Crippen LogP contribution is 2.29. The number of nitrogens with zero attached hydrogens (tertiary/aromatic N) is 1. The van der Waals surface area contributed by atoms with Crippen molar-refractivity contribution in [3.05, 3.63) is 58.1 Å². The van der Waals surface area contributed by atoms with Crippen LogP contribution in [0.25, 0.3) is 0 Å². The molecule has 10 nitrogen and oxygen atoms in total. The highest BCUT2D eigenvalue weighted by Gasteiger charge is 2.19. The molecule has 2 rings (SSSR count). The molecule has 10 heteroatoms. The number of rotatable bonds is 5. The van der Waals surface area contributed by atoms with E-state index in [2.05, 4.69) is 10.6 Å². The Morgan fingerprint density at radius 3 is 2.23 bits per heavy atom. The standard InChI is InChI=1S/C16H14N4O6/c1-26-13-8-9(20(24)25)6-7-12(13)19-16(23)15(22)18-11-5-3-2-4-10(11)14(17)21/h2-8H,1H3,(H2,17,21)(H,18,22)(H,19,23). The molecule has 26 heavy (non-hydrogen) atoms. The lowest BCUT2D eigenvalue weighted by molar-refractivity contribution is -0.384. The van der Waals surface area contributed by atoms with E-state index in [4.69, 9.17) is 10.5 Å². The SMILES string of the molecule is COc1cc([N+](=O)[O-])ccc1NC(=O)C(=O)Nc1ccccc1C(N)=O. The number of nitrogens with one attached hydrogen (secondary N) is 2. The van der Waals surface area contributed by atoms with Crippen LogP contribution >= 0.6 is 0 Å². The number of para-hydroxylation sites is 1. The molecule has 134 valence electrons. The fourth-order valence-electron chi connectivity index (χ4n) is 2.06. The van der Waals surface area contributed by atoms with Crippen molar-refractivity contribution in [3.8, 4) is 5.75 Å². The lowest BCUT2D eigenvalue weighted by Gasteiger charge is -2.11. The third-order valence-electron chi connectivity index (χ3n) is 3.29. The maximum atomic E-state index is 12.1. The van der Waals surface area contributed by atoms with E-state index in [-0.39, 0.29) is 28.4 Å². The molecular formula is C16H14N4O6. The van der Waals surface area contributed by atoms with Gasteiger partial charge in [0.1, 0.15) is 5.75 Å². The molecule has 0 heterocycles. The maximum Gasteiger partial charge on any atom is 0.314 e. The van der Waals surface area contributed by atoms with Crippen LogP contribution in [-0.2, 0) is 9.59 Å². The van der Waals surface area contributed by atoms with Gasteiger partial charge in [0.05, 0.1) is 35.0 Å². The maximum absolute atomic E-state index is 12.1. The van der Waals surface area contributed by atoms with Gasteiger partial charge in [0.25, 0.3) is 11.6 Å². The zero-order valence-electron chi connectivity index (χ0n) is 13.5. The minimum absolute atomic E-state index is 0.0119. The quantitative estimate of drug-likeness (QED) is 0.415. The molecule has 0 saturated carbocycles. The molecule has 0 spiro atoms. The van der Waals surface area contributed by atoms with E-state index in [0.717, 1.165) is 12.1 Å². The van der Waals surface area contributed by atoms with E-state index in [1.807, 2.05) is 0 Å². The monoisotopic (exact) mass is 358 g/mol. The van der Waals surface area contributed by atoms with Crippen LogP contribution in [0.15, 0.2) is 42.5 Å². The molecule has 0 atom stereocenters. The Morgan fingerprint density at radius 2 is 1.65 bits per heavy atom.